The molecule has 1 aromatic carbocycles. The lowest BCUT2D eigenvalue weighted by molar-refractivity contribution is -0.197. The molecule has 1 aliphatic heterocycles. The molecule has 4 rings (SSSR count). The van der Waals surface area contributed by atoms with Crippen LogP contribution < -0.4 is 21.9 Å². The average molecular weight is 480 g/mol. The maximum Gasteiger partial charge on any atom is 0.334 e. The maximum absolute atomic E-state index is 12.3. The minimum absolute atomic E-state index is 0.0101. The molecule has 14 nitrogen and oxygen atoms in total. The van der Waals surface area contributed by atoms with E-state index in [4.69, 9.17) is 10.6 Å². The predicted molar refractivity (Wildman–Crippen MR) is 120 cm³/mol. The Kier molecular flexibility index (Phi) is 6.62. The highest BCUT2D eigenvalue weighted by molar-refractivity contribution is 6.01. The van der Waals surface area contributed by atoms with Gasteiger partial charge in [-0.25, -0.2) is 14.8 Å². The van der Waals surface area contributed by atoms with Crippen molar-refractivity contribution in [2.24, 2.45) is 0 Å². The third-order valence-electron chi connectivity index (χ3n) is 4.92. The molecule has 0 unspecified atom stereocenters. The number of nitrogens with zero attached hydrogens (tertiary/aromatic N) is 4. The SMILES string of the molecule is Nc1nc2ncc(CNc3ccc(C(=O)NCCC(=O)ON4C(=O)CCC4=O)cc3)nc2c(=O)[nH]1. The zero-order chi connectivity index (χ0) is 24.9. The Labute approximate surface area is 196 Å². The van der Waals surface area contributed by atoms with Crippen molar-refractivity contribution in [2.75, 3.05) is 17.6 Å². The molecular weight excluding hydrogens is 460 g/mol. The largest absolute Gasteiger partial charge is 0.379 e. The smallest absolute Gasteiger partial charge is 0.334 e. The number of fused-ring (bicyclic) bond motifs is 1. The number of carbonyl (C=O) groups is 4. The van der Waals surface area contributed by atoms with Crippen LogP contribution >= 0.6 is 0 Å². The van der Waals surface area contributed by atoms with Crippen molar-refractivity contribution < 1.29 is 24.0 Å². The van der Waals surface area contributed by atoms with Gasteiger partial charge in [0.05, 0.1) is 24.9 Å². The van der Waals surface area contributed by atoms with E-state index >= 15 is 0 Å². The first-order valence-electron chi connectivity index (χ1n) is 10.5. The molecule has 3 heterocycles. The van der Waals surface area contributed by atoms with Crippen molar-refractivity contribution in [1.29, 1.82) is 0 Å². The summed E-state index contributed by atoms with van der Waals surface area (Å²) in [7, 11) is 0. The zero-order valence-corrected chi connectivity index (χ0v) is 18.2. The van der Waals surface area contributed by atoms with Gasteiger partial charge in [-0.3, -0.25) is 24.2 Å². The number of aromatic nitrogens is 4. The van der Waals surface area contributed by atoms with Gasteiger partial charge in [-0.1, -0.05) is 0 Å². The van der Waals surface area contributed by atoms with Crippen LogP contribution in [-0.2, 0) is 25.8 Å². The molecule has 0 aliphatic carbocycles. The van der Waals surface area contributed by atoms with Gasteiger partial charge in [0.2, 0.25) is 5.95 Å². The number of hydrogen-bond donors (Lipinski definition) is 4. The van der Waals surface area contributed by atoms with Gasteiger partial charge in [-0.2, -0.15) is 4.98 Å². The van der Waals surface area contributed by atoms with Crippen LogP contribution in [0.4, 0.5) is 11.6 Å². The fourth-order valence-electron chi connectivity index (χ4n) is 3.17. The van der Waals surface area contributed by atoms with Gasteiger partial charge in [0.1, 0.15) is 0 Å². The number of amides is 3. The molecule has 0 bridgehead atoms. The number of H-pyrrole nitrogens is 1. The molecule has 3 aromatic rings. The number of rotatable bonds is 8. The van der Waals surface area contributed by atoms with Gasteiger partial charge >= 0.3 is 5.97 Å². The molecule has 180 valence electrons. The van der Waals surface area contributed by atoms with Crippen LogP contribution in [0.3, 0.4) is 0 Å². The topological polar surface area (TPSA) is 202 Å². The van der Waals surface area contributed by atoms with E-state index in [0.717, 1.165) is 0 Å². The molecule has 0 saturated carbocycles. The van der Waals surface area contributed by atoms with Crippen LogP contribution in [0.5, 0.6) is 0 Å². The Bertz CT molecular complexity index is 1350. The summed E-state index contributed by atoms with van der Waals surface area (Å²) >= 11 is 0. The van der Waals surface area contributed by atoms with Gasteiger partial charge in [0.25, 0.3) is 23.3 Å². The number of carbonyl (C=O) groups excluding carboxylic acids is 4. The fraction of sp³-hybridized carbons (Fsp3) is 0.238. The number of nitrogen functional groups attached to an aromatic ring is 1. The van der Waals surface area contributed by atoms with Crippen molar-refractivity contribution >= 4 is 46.5 Å². The second-order valence-corrected chi connectivity index (χ2v) is 7.47. The molecule has 3 amide bonds. The lowest BCUT2D eigenvalue weighted by atomic mass is 10.2. The minimum atomic E-state index is -0.800. The van der Waals surface area contributed by atoms with Crippen LogP contribution in [0.25, 0.3) is 11.2 Å². The van der Waals surface area contributed by atoms with E-state index in [2.05, 4.69) is 30.6 Å². The van der Waals surface area contributed by atoms with Crippen LogP contribution in [0.2, 0.25) is 0 Å². The number of hydroxylamine groups is 2. The van der Waals surface area contributed by atoms with E-state index in [1.54, 1.807) is 24.3 Å². The van der Waals surface area contributed by atoms with Crippen molar-refractivity contribution in [3.05, 3.63) is 52.1 Å². The van der Waals surface area contributed by atoms with E-state index in [1.165, 1.54) is 6.20 Å². The summed E-state index contributed by atoms with van der Waals surface area (Å²) in [5.74, 6) is -2.38. The number of aromatic amines is 1. The first-order chi connectivity index (χ1) is 16.8. The van der Waals surface area contributed by atoms with E-state index in [9.17, 15) is 24.0 Å². The summed E-state index contributed by atoms with van der Waals surface area (Å²) < 4.78 is 0. The third kappa shape index (κ3) is 5.55. The Hall–Kier alpha value is -4.88. The minimum Gasteiger partial charge on any atom is -0.379 e. The van der Waals surface area contributed by atoms with Gasteiger partial charge in [0.15, 0.2) is 11.2 Å². The molecule has 5 N–H and O–H groups in total. The quantitative estimate of drug-likeness (QED) is 0.306. The van der Waals surface area contributed by atoms with Crippen molar-refractivity contribution in [3.63, 3.8) is 0 Å². The second-order valence-electron chi connectivity index (χ2n) is 7.47. The highest BCUT2D eigenvalue weighted by atomic mass is 16.7. The Morgan fingerprint density at radius 3 is 2.51 bits per heavy atom. The standard InChI is InChI=1S/C21H20N8O6/c22-21-27-18-17(20(34)28-21)26-13(10-25-18)9-24-12-3-1-11(2-4-12)19(33)23-8-7-16(32)35-29-14(30)5-6-15(29)31/h1-4,10,24H,5-9H2,(H,23,33)(H3,22,25,27,28,34). The molecular formula is C21H20N8O6. The zero-order valence-electron chi connectivity index (χ0n) is 18.2. The summed E-state index contributed by atoms with van der Waals surface area (Å²) in [6.07, 6.45) is 1.29. The number of anilines is 2. The normalized spacial score (nSPS) is 13.2. The van der Waals surface area contributed by atoms with Gasteiger partial charge in [-0.15, -0.1) is 5.06 Å². The van der Waals surface area contributed by atoms with Gasteiger partial charge < -0.3 is 21.2 Å². The third-order valence-corrected chi connectivity index (χ3v) is 4.92. The molecule has 0 radical (unpaired) electrons. The van der Waals surface area contributed by atoms with Crippen LogP contribution in [-0.4, -0.2) is 55.2 Å². The Morgan fingerprint density at radius 1 is 1.09 bits per heavy atom. The molecule has 0 atom stereocenters. The van der Waals surface area contributed by atoms with Crippen LogP contribution in [0.15, 0.2) is 35.3 Å². The van der Waals surface area contributed by atoms with Gasteiger partial charge in [-0.05, 0) is 24.3 Å². The average Bonchev–Trinajstić information content (AvgIpc) is 3.15. The monoisotopic (exact) mass is 480 g/mol. The summed E-state index contributed by atoms with van der Waals surface area (Å²) in [6, 6.07) is 6.52. The van der Waals surface area contributed by atoms with E-state index < -0.39 is 29.3 Å². The van der Waals surface area contributed by atoms with E-state index in [1.807, 2.05) is 0 Å². The highest BCUT2D eigenvalue weighted by Gasteiger charge is 2.32. The van der Waals surface area contributed by atoms with Crippen LogP contribution in [0.1, 0.15) is 35.3 Å². The predicted octanol–water partition coefficient (Wildman–Crippen LogP) is -0.365. The molecule has 0 spiro atoms. The first-order valence-corrected chi connectivity index (χ1v) is 10.5. The van der Waals surface area contributed by atoms with Gasteiger partial charge in [0, 0.05) is 30.6 Å². The molecule has 2 aromatic heterocycles. The lowest BCUT2D eigenvalue weighted by Crippen LogP contribution is -2.33. The van der Waals surface area contributed by atoms with Crippen molar-refractivity contribution in [2.45, 2.75) is 25.8 Å². The highest BCUT2D eigenvalue weighted by Crippen LogP contribution is 2.13. The molecule has 35 heavy (non-hydrogen) atoms. The van der Waals surface area contributed by atoms with Crippen LogP contribution in [0, 0.1) is 0 Å². The summed E-state index contributed by atoms with van der Waals surface area (Å²) in [6.45, 7) is 0.233. The number of hydrogen-bond acceptors (Lipinski definition) is 11. The molecule has 1 aliphatic rings. The summed E-state index contributed by atoms with van der Waals surface area (Å²) in [4.78, 5) is 78.3. The molecule has 14 heteroatoms. The maximum atomic E-state index is 12.3. The van der Waals surface area contributed by atoms with E-state index in [-0.39, 0.29) is 49.5 Å². The number of nitrogens with two attached hydrogens (primary N) is 1. The van der Waals surface area contributed by atoms with E-state index in [0.29, 0.717) is 22.0 Å². The summed E-state index contributed by atoms with van der Waals surface area (Å²) in [5, 5.41) is 6.14. The number of imide groups is 1. The van der Waals surface area contributed by atoms with Crippen molar-refractivity contribution in [1.82, 2.24) is 30.3 Å². The second kappa shape index (κ2) is 9.94. The Balaban J connectivity index is 1.25. The summed E-state index contributed by atoms with van der Waals surface area (Å²) in [5.41, 5.74) is 6.78. The fourth-order valence-corrected chi connectivity index (χ4v) is 3.17. The van der Waals surface area contributed by atoms with Crippen molar-refractivity contribution in [3.8, 4) is 0 Å². The lowest BCUT2D eigenvalue weighted by Gasteiger charge is -2.12. The number of benzene rings is 1. The molecule has 1 fully saturated rings. The first kappa shape index (κ1) is 23.3. The Morgan fingerprint density at radius 2 is 1.80 bits per heavy atom. The number of nitrogens with one attached hydrogen (secondary N) is 3. The molecule has 1 saturated heterocycles.